The van der Waals surface area contributed by atoms with E-state index >= 15 is 0 Å². The summed E-state index contributed by atoms with van der Waals surface area (Å²) in [5.41, 5.74) is 2.18. The predicted octanol–water partition coefficient (Wildman–Crippen LogP) is 1.57. The van der Waals surface area contributed by atoms with Crippen LogP contribution >= 0.6 is 0 Å². The van der Waals surface area contributed by atoms with Crippen LogP contribution in [0.3, 0.4) is 0 Å². The van der Waals surface area contributed by atoms with Crippen molar-refractivity contribution >= 4 is 11.9 Å². The highest BCUT2D eigenvalue weighted by Gasteiger charge is 2.13. The van der Waals surface area contributed by atoms with Crippen LogP contribution in [0.15, 0.2) is 29.3 Å². The van der Waals surface area contributed by atoms with E-state index in [2.05, 4.69) is 52.1 Å². The van der Waals surface area contributed by atoms with E-state index in [0.717, 1.165) is 0 Å². The Morgan fingerprint density at radius 3 is 2.29 bits per heavy atom. The van der Waals surface area contributed by atoms with Crippen molar-refractivity contribution in [2.75, 3.05) is 13.6 Å². The molecule has 0 radical (unpaired) electrons. The Labute approximate surface area is 127 Å². The second-order valence-corrected chi connectivity index (χ2v) is 6.06. The summed E-state index contributed by atoms with van der Waals surface area (Å²) in [7, 11) is 1.69. The van der Waals surface area contributed by atoms with E-state index in [9.17, 15) is 4.79 Å². The summed E-state index contributed by atoms with van der Waals surface area (Å²) >= 11 is 0. The number of nitrogens with zero attached hydrogens (tertiary/aromatic N) is 1. The Morgan fingerprint density at radius 1 is 1.14 bits per heavy atom. The Hall–Kier alpha value is -2.04. The van der Waals surface area contributed by atoms with Gasteiger partial charge in [0.15, 0.2) is 5.96 Å². The van der Waals surface area contributed by atoms with E-state index in [1.165, 1.54) is 11.1 Å². The zero-order chi connectivity index (χ0) is 15.9. The van der Waals surface area contributed by atoms with Gasteiger partial charge in [-0.05, 0) is 33.3 Å². The largest absolute Gasteiger partial charge is 0.352 e. The third-order valence-electron chi connectivity index (χ3n) is 2.73. The molecule has 1 aromatic rings. The molecule has 1 aromatic carbocycles. The van der Waals surface area contributed by atoms with Crippen molar-refractivity contribution in [3.8, 4) is 0 Å². The molecule has 5 nitrogen and oxygen atoms in total. The van der Waals surface area contributed by atoms with Gasteiger partial charge < -0.3 is 16.0 Å². The van der Waals surface area contributed by atoms with Gasteiger partial charge in [-0.1, -0.05) is 29.8 Å². The lowest BCUT2D eigenvalue weighted by Gasteiger charge is -2.21. The van der Waals surface area contributed by atoms with Crippen LogP contribution in [0, 0.1) is 6.92 Å². The molecule has 3 N–H and O–H groups in total. The fourth-order valence-electron chi connectivity index (χ4n) is 1.74. The van der Waals surface area contributed by atoms with Gasteiger partial charge in [0, 0.05) is 19.1 Å². The van der Waals surface area contributed by atoms with E-state index in [-0.39, 0.29) is 18.0 Å². The first-order valence-electron chi connectivity index (χ1n) is 7.11. The minimum Gasteiger partial charge on any atom is -0.352 e. The van der Waals surface area contributed by atoms with Gasteiger partial charge in [-0.25, -0.2) is 0 Å². The topological polar surface area (TPSA) is 65.5 Å². The molecule has 21 heavy (non-hydrogen) atoms. The molecule has 0 aliphatic heterocycles. The molecule has 116 valence electrons. The van der Waals surface area contributed by atoms with Crippen LogP contribution in [0.1, 0.15) is 31.9 Å². The van der Waals surface area contributed by atoms with Crippen LogP contribution in [0.5, 0.6) is 0 Å². The average molecular weight is 290 g/mol. The van der Waals surface area contributed by atoms with E-state index in [4.69, 9.17) is 0 Å². The summed E-state index contributed by atoms with van der Waals surface area (Å²) in [6.45, 7) is 8.79. The Bertz CT molecular complexity index is 486. The summed E-state index contributed by atoms with van der Waals surface area (Å²) in [6.07, 6.45) is 0. The molecule has 1 amide bonds. The van der Waals surface area contributed by atoms with Crippen LogP contribution in [0.25, 0.3) is 0 Å². The van der Waals surface area contributed by atoms with Gasteiger partial charge in [0.2, 0.25) is 5.91 Å². The van der Waals surface area contributed by atoms with Gasteiger partial charge in [-0.3, -0.25) is 9.79 Å². The number of hydrogen-bond acceptors (Lipinski definition) is 2. The average Bonchev–Trinajstić information content (AvgIpc) is 2.39. The standard InChI is InChI=1S/C16H26N4O/c1-12-6-8-13(9-7-12)10-18-15(17-5)19-11-14(21)20-16(2,3)4/h6-9H,10-11H2,1-5H3,(H,20,21)(H2,17,18,19). The zero-order valence-corrected chi connectivity index (χ0v) is 13.6. The summed E-state index contributed by atoms with van der Waals surface area (Å²) in [4.78, 5) is 15.8. The molecular weight excluding hydrogens is 264 g/mol. The number of rotatable bonds is 4. The van der Waals surface area contributed by atoms with Crippen molar-refractivity contribution in [1.82, 2.24) is 16.0 Å². The smallest absolute Gasteiger partial charge is 0.239 e. The van der Waals surface area contributed by atoms with Crippen LogP contribution in [-0.4, -0.2) is 31.0 Å². The number of aryl methyl sites for hydroxylation is 1. The molecular formula is C16H26N4O. The van der Waals surface area contributed by atoms with Crippen molar-refractivity contribution in [2.45, 2.75) is 39.8 Å². The summed E-state index contributed by atoms with van der Waals surface area (Å²) in [5.74, 6) is 0.556. The van der Waals surface area contributed by atoms with Crippen LogP contribution in [0.4, 0.5) is 0 Å². The first-order chi connectivity index (χ1) is 9.80. The van der Waals surface area contributed by atoms with E-state index in [1.807, 2.05) is 20.8 Å². The van der Waals surface area contributed by atoms with Crippen molar-refractivity contribution < 1.29 is 4.79 Å². The lowest BCUT2D eigenvalue weighted by molar-refractivity contribution is -0.121. The Balaban J connectivity index is 2.39. The first-order valence-corrected chi connectivity index (χ1v) is 7.11. The van der Waals surface area contributed by atoms with Gasteiger partial charge >= 0.3 is 0 Å². The van der Waals surface area contributed by atoms with Gasteiger partial charge in [-0.15, -0.1) is 0 Å². The minimum atomic E-state index is -0.225. The summed E-state index contributed by atoms with van der Waals surface area (Å²) in [6, 6.07) is 8.29. The molecule has 0 saturated heterocycles. The van der Waals surface area contributed by atoms with Crippen molar-refractivity contribution in [3.63, 3.8) is 0 Å². The van der Waals surface area contributed by atoms with Gasteiger partial charge in [0.1, 0.15) is 0 Å². The number of nitrogens with one attached hydrogen (secondary N) is 3. The molecule has 0 saturated carbocycles. The maximum Gasteiger partial charge on any atom is 0.239 e. The lowest BCUT2D eigenvalue weighted by atomic mass is 10.1. The Morgan fingerprint density at radius 2 is 1.76 bits per heavy atom. The molecule has 0 fully saturated rings. The maximum absolute atomic E-state index is 11.7. The molecule has 1 rings (SSSR count). The number of carbonyl (C=O) groups excluding carboxylic acids is 1. The molecule has 0 aliphatic carbocycles. The Kier molecular flexibility index (Phi) is 6.21. The quantitative estimate of drug-likeness (QED) is 0.582. The summed E-state index contributed by atoms with van der Waals surface area (Å²) in [5, 5.41) is 9.08. The zero-order valence-electron chi connectivity index (χ0n) is 13.6. The van der Waals surface area contributed by atoms with Crippen molar-refractivity contribution in [3.05, 3.63) is 35.4 Å². The summed E-state index contributed by atoms with van der Waals surface area (Å²) < 4.78 is 0. The molecule has 0 bridgehead atoms. The van der Waals surface area contributed by atoms with Crippen molar-refractivity contribution in [2.24, 2.45) is 4.99 Å². The van der Waals surface area contributed by atoms with Crippen LogP contribution in [-0.2, 0) is 11.3 Å². The molecule has 0 spiro atoms. The second-order valence-electron chi connectivity index (χ2n) is 6.06. The highest BCUT2D eigenvalue weighted by molar-refractivity contribution is 5.86. The third kappa shape index (κ3) is 7.34. The predicted molar refractivity (Wildman–Crippen MR) is 87.3 cm³/mol. The number of aliphatic imine (C=N–C) groups is 1. The SMILES string of the molecule is CN=C(NCC(=O)NC(C)(C)C)NCc1ccc(C)cc1. The van der Waals surface area contributed by atoms with Crippen LogP contribution < -0.4 is 16.0 Å². The number of guanidine groups is 1. The van der Waals surface area contributed by atoms with E-state index in [0.29, 0.717) is 12.5 Å². The monoisotopic (exact) mass is 290 g/mol. The van der Waals surface area contributed by atoms with Crippen molar-refractivity contribution in [1.29, 1.82) is 0 Å². The number of benzene rings is 1. The fraction of sp³-hybridized carbons (Fsp3) is 0.500. The van der Waals surface area contributed by atoms with Gasteiger partial charge in [0.05, 0.1) is 6.54 Å². The number of hydrogen-bond donors (Lipinski definition) is 3. The second kappa shape index (κ2) is 7.67. The molecule has 0 unspecified atom stereocenters. The molecule has 0 atom stereocenters. The minimum absolute atomic E-state index is 0.0548. The van der Waals surface area contributed by atoms with Gasteiger partial charge in [-0.2, -0.15) is 0 Å². The number of carbonyl (C=O) groups is 1. The molecule has 0 aliphatic rings. The highest BCUT2D eigenvalue weighted by Crippen LogP contribution is 2.02. The molecule has 5 heteroatoms. The normalized spacial score (nSPS) is 12.0. The molecule has 0 aromatic heterocycles. The fourth-order valence-corrected chi connectivity index (χ4v) is 1.74. The number of amides is 1. The van der Waals surface area contributed by atoms with Crippen LogP contribution in [0.2, 0.25) is 0 Å². The van der Waals surface area contributed by atoms with E-state index in [1.54, 1.807) is 7.05 Å². The lowest BCUT2D eigenvalue weighted by Crippen LogP contribution is -2.48. The highest BCUT2D eigenvalue weighted by atomic mass is 16.2. The first kappa shape index (κ1) is 17.0. The van der Waals surface area contributed by atoms with Gasteiger partial charge in [0.25, 0.3) is 0 Å². The van der Waals surface area contributed by atoms with E-state index < -0.39 is 0 Å². The maximum atomic E-state index is 11.7. The molecule has 0 heterocycles. The third-order valence-corrected chi connectivity index (χ3v) is 2.73.